The predicted octanol–water partition coefficient (Wildman–Crippen LogP) is 2.82. The van der Waals surface area contributed by atoms with Gasteiger partial charge in [0.15, 0.2) is 0 Å². The molecular formula is C18H26F2N2O. The van der Waals surface area contributed by atoms with Gasteiger partial charge in [-0.3, -0.25) is 0 Å². The highest BCUT2D eigenvalue weighted by atomic mass is 19.1. The van der Waals surface area contributed by atoms with E-state index in [1.807, 2.05) is 6.92 Å². The van der Waals surface area contributed by atoms with Crippen molar-refractivity contribution in [1.82, 2.24) is 10.6 Å². The summed E-state index contributed by atoms with van der Waals surface area (Å²) in [6.45, 7) is 5.19. The minimum absolute atomic E-state index is 0.0208. The summed E-state index contributed by atoms with van der Waals surface area (Å²) >= 11 is 0. The quantitative estimate of drug-likeness (QED) is 0.874. The van der Waals surface area contributed by atoms with Crippen LogP contribution < -0.4 is 10.6 Å². The van der Waals surface area contributed by atoms with Crippen molar-refractivity contribution < 1.29 is 13.5 Å². The summed E-state index contributed by atoms with van der Waals surface area (Å²) in [5.41, 5.74) is 0.576. The van der Waals surface area contributed by atoms with Crippen molar-refractivity contribution in [2.24, 2.45) is 5.92 Å². The highest BCUT2D eigenvalue weighted by molar-refractivity contribution is 5.22. The lowest BCUT2D eigenvalue weighted by Gasteiger charge is -2.33. The summed E-state index contributed by atoms with van der Waals surface area (Å²) in [6.07, 6.45) is 3.58. The molecule has 4 unspecified atom stereocenters. The first kappa shape index (κ1) is 16.8. The second-order valence-electron chi connectivity index (χ2n) is 6.81. The second kappa shape index (κ2) is 7.69. The average Bonchev–Trinajstić information content (AvgIpc) is 3.02. The normalized spacial score (nSPS) is 29.6. The molecule has 1 aliphatic carbocycles. The van der Waals surface area contributed by atoms with E-state index in [-0.39, 0.29) is 5.92 Å². The molecule has 3 nitrogen and oxygen atoms in total. The molecular weight excluding hydrogens is 298 g/mol. The summed E-state index contributed by atoms with van der Waals surface area (Å²) < 4.78 is 32.5. The summed E-state index contributed by atoms with van der Waals surface area (Å²) in [5, 5.41) is 7.17. The maximum Gasteiger partial charge on any atom is 0.129 e. The molecule has 0 radical (unpaired) electrons. The van der Waals surface area contributed by atoms with E-state index in [1.165, 1.54) is 18.9 Å². The van der Waals surface area contributed by atoms with E-state index < -0.39 is 11.6 Å². The smallest absolute Gasteiger partial charge is 0.129 e. The van der Waals surface area contributed by atoms with Gasteiger partial charge in [-0.25, -0.2) is 8.78 Å². The number of ether oxygens (including phenoxy) is 1. The molecule has 1 saturated heterocycles. The molecule has 1 aromatic rings. The van der Waals surface area contributed by atoms with E-state index in [2.05, 4.69) is 10.6 Å². The number of morpholine rings is 1. The number of hydrogen-bond donors (Lipinski definition) is 2. The van der Waals surface area contributed by atoms with Gasteiger partial charge in [0.05, 0.1) is 13.2 Å². The van der Waals surface area contributed by atoms with E-state index in [0.717, 1.165) is 32.2 Å². The zero-order valence-corrected chi connectivity index (χ0v) is 13.7. The van der Waals surface area contributed by atoms with Crippen LogP contribution in [0.3, 0.4) is 0 Å². The fourth-order valence-electron chi connectivity index (χ4n) is 3.92. The highest BCUT2D eigenvalue weighted by Crippen LogP contribution is 2.30. The summed E-state index contributed by atoms with van der Waals surface area (Å²) in [5.74, 6) is -0.386. The van der Waals surface area contributed by atoms with Crippen LogP contribution in [0, 0.1) is 17.6 Å². The second-order valence-corrected chi connectivity index (χ2v) is 6.81. The molecule has 2 N–H and O–H groups in total. The fraction of sp³-hybridized carbons (Fsp3) is 0.667. The minimum Gasteiger partial charge on any atom is -0.379 e. The van der Waals surface area contributed by atoms with Gasteiger partial charge in [-0.15, -0.1) is 0 Å². The number of rotatable bonds is 5. The topological polar surface area (TPSA) is 33.3 Å². The molecule has 0 amide bonds. The molecule has 0 spiro atoms. The molecule has 0 bridgehead atoms. The largest absolute Gasteiger partial charge is 0.379 e. The van der Waals surface area contributed by atoms with Crippen molar-refractivity contribution in [1.29, 1.82) is 0 Å². The zero-order chi connectivity index (χ0) is 16.2. The molecule has 1 aromatic carbocycles. The van der Waals surface area contributed by atoms with E-state index in [0.29, 0.717) is 30.1 Å². The summed E-state index contributed by atoms with van der Waals surface area (Å²) in [4.78, 5) is 0. The molecule has 1 aliphatic heterocycles. The van der Waals surface area contributed by atoms with Gasteiger partial charge in [0.25, 0.3) is 0 Å². The van der Waals surface area contributed by atoms with Gasteiger partial charge < -0.3 is 15.4 Å². The average molecular weight is 324 g/mol. The van der Waals surface area contributed by atoms with Crippen LogP contribution >= 0.6 is 0 Å². The molecule has 5 heteroatoms. The Morgan fingerprint density at radius 1 is 1.35 bits per heavy atom. The van der Waals surface area contributed by atoms with Crippen molar-refractivity contribution in [3.8, 4) is 0 Å². The zero-order valence-electron chi connectivity index (χ0n) is 13.7. The van der Waals surface area contributed by atoms with Crippen molar-refractivity contribution >= 4 is 0 Å². The minimum atomic E-state index is -0.523. The predicted molar refractivity (Wildman–Crippen MR) is 86.5 cm³/mol. The van der Waals surface area contributed by atoms with Crippen LogP contribution in [0.15, 0.2) is 18.2 Å². The molecule has 0 aromatic heterocycles. The van der Waals surface area contributed by atoms with E-state index in [9.17, 15) is 8.78 Å². The van der Waals surface area contributed by atoms with Crippen LogP contribution in [0.1, 0.15) is 37.7 Å². The maximum atomic E-state index is 13.9. The van der Waals surface area contributed by atoms with Gasteiger partial charge in [-0.2, -0.15) is 0 Å². The maximum absolute atomic E-state index is 13.9. The third kappa shape index (κ3) is 4.08. The SMILES string of the molecule is CC(CNC1CCCC1C1COCCN1)c1ccc(F)cc1F. The van der Waals surface area contributed by atoms with Gasteiger partial charge in [-0.05, 0) is 36.3 Å². The Labute approximate surface area is 136 Å². The van der Waals surface area contributed by atoms with Crippen LogP contribution in [0.2, 0.25) is 0 Å². The Balaban J connectivity index is 1.56. The number of halogens is 2. The Hall–Kier alpha value is -1.04. The molecule has 2 fully saturated rings. The first-order valence-electron chi connectivity index (χ1n) is 8.64. The third-order valence-electron chi connectivity index (χ3n) is 5.22. The van der Waals surface area contributed by atoms with Crippen molar-refractivity contribution in [2.45, 2.75) is 44.2 Å². The lowest BCUT2D eigenvalue weighted by molar-refractivity contribution is 0.0525. The molecule has 23 heavy (non-hydrogen) atoms. The fourth-order valence-corrected chi connectivity index (χ4v) is 3.92. The van der Waals surface area contributed by atoms with Gasteiger partial charge in [0, 0.05) is 31.2 Å². The number of benzene rings is 1. The van der Waals surface area contributed by atoms with Gasteiger partial charge in [-0.1, -0.05) is 19.4 Å². The molecule has 1 heterocycles. The summed E-state index contributed by atoms with van der Waals surface area (Å²) in [7, 11) is 0. The third-order valence-corrected chi connectivity index (χ3v) is 5.22. The Bertz CT molecular complexity index is 520. The van der Waals surface area contributed by atoms with Gasteiger partial charge in [0.1, 0.15) is 11.6 Å². The molecule has 2 aliphatic rings. The van der Waals surface area contributed by atoms with Gasteiger partial charge in [0.2, 0.25) is 0 Å². The molecule has 1 saturated carbocycles. The lowest BCUT2D eigenvalue weighted by Crippen LogP contribution is -2.51. The van der Waals surface area contributed by atoms with E-state index >= 15 is 0 Å². The van der Waals surface area contributed by atoms with Crippen LogP contribution in [-0.4, -0.2) is 38.4 Å². The summed E-state index contributed by atoms with van der Waals surface area (Å²) in [6, 6.07) is 4.71. The van der Waals surface area contributed by atoms with Crippen molar-refractivity contribution in [3.05, 3.63) is 35.4 Å². The first-order chi connectivity index (χ1) is 11.1. The molecule has 128 valence electrons. The monoisotopic (exact) mass is 324 g/mol. The molecule has 4 atom stereocenters. The first-order valence-corrected chi connectivity index (χ1v) is 8.64. The van der Waals surface area contributed by atoms with Crippen molar-refractivity contribution in [2.75, 3.05) is 26.3 Å². The van der Waals surface area contributed by atoms with E-state index in [1.54, 1.807) is 6.07 Å². The van der Waals surface area contributed by atoms with Gasteiger partial charge >= 0.3 is 0 Å². The van der Waals surface area contributed by atoms with E-state index in [4.69, 9.17) is 4.74 Å². The highest BCUT2D eigenvalue weighted by Gasteiger charge is 2.34. The number of nitrogens with one attached hydrogen (secondary N) is 2. The number of hydrogen-bond acceptors (Lipinski definition) is 3. The Morgan fingerprint density at radius 2 is 2.22 bits per heavy atom. The lowest BCUT2D eigenvalue weighted by atomic mass is 9.93. The standard InChI is InChI=1S/C18H26F2N2O/c1-12(14-6-5-13(19)9-16(14)20)10-22-17-4-2-3-15(17)18-11-23-8-7-21-18/h5-6,9,12,15,17-18,21-22H,2-4,7-8,10-11H2,1H3. The van der Waals surface area contributed by atoms with Crippen molar-refractivity contribution in [3.63, 3.8) is 0 Å². The van der Waals surface area contributed by atoms with Crippen LogP contribution in [0.5, 0.6) is 0 Å². The molecule has 3 rings (SSSR count). The van der Waals surface area contributed by atoms with Crippen LogP contribution in [0.4, 0.5) is 8.78 Å². The van der Waals surface area contributed by atoms with Crippen LogP contribution in [-0.2, 0) is 4.74 Å². The Morgan fingerprint density at radius 3 is 2.96 bits per heavy atom. The Kier molecular flexibility index (Phi) is 5.62. The van der Waals surface area contributed by atoms with Crippen LogP contribution in [0.25, 0.3) is 0 Å².